The Kier molecular flexibility index (Phi) is 3.20. The summed E-state index contributed by atoms with van der Waals surface area (Å²) in [6.45, 7) is 1.05. The lowest BCUT2D eigenvalue weighted by atomic mass is 10.0. The van der Waals surface area contributed by atoms with Gasteiger partial charge in [-0.25, -0.2) is 0 Å². The Labute approximate surface area is 104 Å². The minimum Gasteiger partial charge on any atom is -0.339 e. The molecule has 1 N–H and O–H groups in total. The lowest BCUT2D eigenvalue weighted by Crippen LogP contribution is -2.27. The van der Waals surface area contributed by atoms with Crippen LogP contribution in [0.15, 0.2) is 21.3 Å². The molecule has 5 heteroatoms. The summed E-state index contributed by atoms with van der Waals surface area (Å²) in [5.41, 5.74) is 1.24. The van der Waals surface area contributed by atoms with Crippen LogP contribution >= 0.6 is 11.3 Å². The summed E-state index contributed by atoms with van der Waals surface area (Å²) < 4.78 is 5.29. The molecule has 0 radical (unpaired) electrons. The van der Waals surface area contributed by atoms with Gasteiger partial charge < -0.3 is 9.84 Å². The summed E-state index contributed by atoms with van der Waals surface area (Å²) in [4.78, 5) is 4.47. The van der Waals surface area contributed by atoms with E-state index < -0.39 is 0 Å². The molecular weight excluding hydrogens is 234 g/mol. The summed E-state index contributed by atoms with van der Waals surface area (Å²) in [7, 11) is 0. The fourth-order valence-electron chi connectivity index (χ4n) is 2.12. The van der Waals surface area contributed by atoms with Gasteiger partial charge in [0.25, 0.3) is 0 Å². The second-order valence-electron chi connectivity index (χ2n) is 4.36. The summed E-state index contributed by atoms with van der Waals surface area (Å²) >= 11 is 1.69. The van der Waals surface area contributed by atoms with Crippen LogP contribution in [0, 0.1) is 0 Å². The number of thiophene rings is 1. The highest BCUT2D eigenvalue weighted by Gasteiger charge is 2.20. The lowest BCUT2D eigenvalue weighted by Gasteiger charge is -2.19. The van der Waals surface area contributed by atoms with Gasteiger partial charge in [-0.15, -0.1) is 0 Å². The summed E-state index contributed by atoms with van der Waals surface area (Å²) in [5.74, 6) is 1.53. The van der Waals surface area contributed by atoms with Gasteiger partial charge in [0.05, 0.1) is 12.5 Å². The predicted molar refractivity (Wildman–Crippen MR) is 66.0 cm³/mol. The van der Waals surface area contributed by atoms with Crippen LogP contribution < -0.4 is 5.32 Å². The van der Waals surface area contributed by atoms with Crippen LogP contribution in [-0.4, -0.2) is 16.7 Å². The first-order chi connectivity index (χ1) is 8.42. The third-order valence-corrected chi connectivity index (χ3v) is 3.77. The van der Waals surface area contributed by atoms with Crippen molar-refractivity contribution in [1.29, 1.82) is 0 Å². The van der Waals surface area contributed by atoms with Gasteiger partial charge in [-0.05, 0) is 41.8 Å². The van der Waals surface area contributed by atoms with E-state index >= 15 is 0 Å². The largest absolute Gasteiger partial charge is 0.339 e. The lowest BCUT2D eigenvalue weighted by molar-refractivity contribution is 0.351. The Hall–Kier alpha value is -1.20. The molecule has 90 valence electrons. The smallest absolute Gasteiger partial charge is 0.231 e. The second-order valence-corrected chi connectivity index (χ2v) is 5.14. The Morgan fingerprint density at radius 2 is 2.47 bits per heavy atom. The van der Waals surface area contributed by atoms with Crippen molar-refractivity contribution in [2.45, 2.75) is 31.7 Å². The van der Waals surface area contributed by atoms with Crippen molar-refractivity contribution in [3.8, 4) is 0 Å². The van der Waals surface area contributed by atoms with Crippen LogP contribution in [0.25, 0.3) is 0 Å². The molecule has 0 aromatic carbocycles. The van der Waals surface area contributed by atoms with Crippen LogP contribution in [0.4, 0.5) is 0 Å². The predicted octanol–water partition coefficient (Wildman–Crippen LogP) is 2.54. The maximum absolute atomic E-state index is 5.29. The Morgan fingerprint density at radius 3 is 3.24 bits per heavy atom. The molecule has 0 bridgehead atoms. The van der Waals surface area contributed by atoms with Gasteiger partial charge in [-0.3, -0.25) is 0 Å². The Morgan fingerprint density at radius 1 is 1.47 bits per heavy atom. The molecule has 0 spiro atoms. The van der Waals surface area contributed by atoms with E-state index in [1.165, 1.54) is 18.4 Å². The number of hydrogen-bond acceptors (Lipinski definition) is 5. The van der Waals surface area contributed by atoms with E-state index in [9.17, 15) is 0 Å². The third kappa shape index (κ3) is 2.56. The van der Waals surface area contributed by atoms with E-state index in [-0.39, 0.29) is 6.04 Å². The highest BCUT2D eigenvalue weighted by molar-refractivity contribution is 7.07. The molecule has 1 aliphatic rings. The average molecular weight is 249 g/mol. The van der Waals surface area contributed by atoms with Gasteiger partial charge in [-0.1, -0.05) is 11.6 Å². The standard InChI is InChI=1S/C12H15N3OS/c1-2-5-13-10(3-1)12-14-11(16-15-12)7-9-4-6-17-8-9/h4,6,8,10,13H,1-3,5,7H2. The molecular formula is C12H15N3OS. The van der Waals surface area contributed by atoms with E-state index in [2.05, 4.69) is 32.3 Å². The first kappa shape index (κ1) is 10.9. The van der Waals surface area contributed by atoms with Gasteiger partial charge >= 0.3 is 0 Å². The molecule has 1 saturated heterocycles. The van der Waals surface area contributed by atoms with E-state index in [1.807, 2.05) is 0 Å². The number of nitrogens with zero attached hydrogens (tertiary/aromatic N) is 2. The van der Waals surface area contributed by atoms with E-state index in [4.69, 9.17) is 4.52 Å². The topological polar surface area (TPSA) is 51.0 Å². The Bertz CT molecular complexity index is 460. The van der Waals surface area contributed by atoms with E-state index in [0.717, 1.165) is 25.2 Å². The monoisotopic (exact) mass is 249 g/mol. The first-order valence-corrected chi connectivity index (χ1v) is 6.93. The molecule has 3 heterocycles. The molecule has 3 rings (SSSR count). The fraction of sp³-hybridized carbons (Fsp3) is 0.500. The molecule has 2 aromatic heterocycles. The van der Waals surface area contributed by atoms with Crippen molar-refractivity contribution in [3.63, 3.8) is 0 Å². The van der Waals surface area contributed by atoms with Crippen LogP contribution in [0.2, 0.25) is 0 Å². The van der Waals surface area contributed by atoms with Crippen LogP contribution in [0.1, 0.15) is 42.6 Å². The van der Waals surface area contributed by atoms with E-state index in [0.29, 0.717) is 5.89 Å². The van der Waals surface area contributed by atoms with Crippen molar-refractivity contribution in [2.75, 3.05) is 6.54 Å². The maximum atomic E-state index is 5.29. The molecule has 1 aliphatic heterocycles. The quantitative estimate of drug-likeness (QED) is 0.908. The summed E-state index contributed by atoms with van der Waals surface area (Å²) in [5, 5.41) is 11.7. The highest BCUT2D eigenvalue weighted by atomic mass is 32.1. The van der Waals surface area contributed by atoms with Gasteiger partial charge in [0, 0.05) is 0 Å². The van der Waals surface area contributed by atoms with Crippen molar-refractivity contribution < 1.29 is 4.52 Å². The molecule has 0 saturated carbocycles. The molecule has 0 amide bonds. The number of piperidine rings is 1. The zero-order valence-corrected chi connectivity index (χ0v) is 10.4. The molecule has 4 nitrogen and oxygen atoms in total. The van der Waals surface area contributed by atoms with Crippen LogP contribution in [0.3, 0.4) is 0 Å². The minimum absolute atomic E-state index is 0.281. The molecule has 1 atom stereocenters. The molecule has 0 aliphatic carbocycles. The number of rotatable bonds is 3. The number of nitrogens with one attached hydrogen (secondary N) is 1. The van der Waals surface area contributed by atoms with Crippen molar-refractivity contribution in [2.24, 2.45) is 0 Å². The second kappa shape index (κ2) is 4.98. The van der Waals surface area contributed by atoms with Crippen LogP contribution in [0.5, 0.6) is 0 Å². The maximum Gasteiger partial charge on any atom is 0.231 e. The van der Waals surface area contributed by atoms with Crippen molar-refractivity contribution in [1.82, 2.24) is 15.5 Å². The molecule has 1 unspecified atom stereocenters. The highest BCUT2D eigenvalue weighted by Crippen LogP contribution is 2.21. The number of hydrogen-bond donors (Lipinski definition) is 1. The average Bonchev–Trinajstić information content (AvgIpc) is 3.02. The van der Waals surface area contributed by atoms with Crippen molar-refractivity contribution >= 4 is 11.3 Å². The van der Waals surface area contributed by atoms with Gasteiger partial charge in [0.2, 0.25) is 5.89 Å². The summed E-state index contributed by atoms with van der Waals surface area (Å²) in [6.07, 6.45) is 4.34. The summed E-state index contributed by atoms with van der Waals surface area (Å²) in [6, 6.07) is 2.37. The zero-order valence-electron chi connectivity index (χ0n) is 9.56. The third-order valence-electron chi connectivity index (χ3n) is 3.04. The Balaban J connectivity index is 1.69. The minimum atomic E-state index is 0.281. The fourth-order valence-corrected chi connectivity index (χ4v) is 2.79. The SMILES string of the molecule is c1cc(Cc2nc(C3CCCCN3)no2)cs1. The zero-order chi connectivity index (χ0) is 11.5. The molecule has 17 heavy (non-hydrogen) atoms. The van der Waals surface area contributed by atoms with Crippen LogP contribution in [-0.2, 0) is 6.42 Å². The van der Waals surface area contributed by atoms with Gasteiger partial charge in [-0.2, -0.15) is 16.3 Å². The number of aromatic nitrogens is 2. The normalized spacial score (nSPS) is 20.6. The molecule has 1 fully saturated rings. The molecule has 2 aromatic rings. The van der Waals surface area contributed by atoms with Gasteiger partial charge in [0.1, 0.15) is 0 Å². The first-order valence-electron chi connectivity index (χ1n) is 5.99. The van der Waals surface area contributed by atoms with Gasteiger partial charge in [0.15, 0.2) is 5.82 Å². The van der Waals surface area contributed by atoms with Crippen molar-refractivity contribution in [3.05, 3.63) is 34.1 Å². The van der Waals surface area contributed by atoms with E-state index in [1.54, 1.807) is 11.3 Å².